The molecule has 3 aromatic rings. The molecule has 2 N–H and O–H groups in total. The first-order chi connectivity index (χ1) is 12.2. The topological polar surface area (TPSA) is 78.1 Å². The summed E-state index contributed by atoms with van der Waals surface area (Å²) in [5.74, 6) is -0.321. The van der Waals surface area contributed by atoms with Crippen LogP contribution >= 0.6 is 11.3 Å². The number of benzene rings is 1. The van der Waals surface area contributed by atoms with Crippen LogP contribution in [0.5, 0.6) is 0 Å². The van der Waals surface area contributed by atoms with Crippen molar-refractivity contribution in [3.8, 4) is 0 Å². The van der Waals surface area contributed by atoms with E-state index < -0.39 is 0 Å². The number of likely N-dealkylation sites (tertiary alicyclic amines) is 1. The van der Waals surface area contributed by atoms with E-state index in [0.29, 0.717) is 23.9 Å². The molecule has 1 fully saturated rings. The zero-order chi connectivity index (χ0) is 17.2. The molecule has 1 saturated heterocycles. The molecule has 4 rings (SSSR count). The SMILES string of the molecule is O=C(Nc1nccs1)[C@H]1CCCN(C(=O)c2cc3ccccc3[nH]2)C1. The highest BCUT2D eigenvalue weighted by atomic mass is 32.1. The lowest BCUT2D eigenvalue weighted by Gasteiger charge is -2.31. The number of hydrogen-bond donors (Lipinski definition) is 2. The predicted molar refractivity (Wildman–Crippen MR) is 97.7 cm³/mol. The second kappa shape index (κ2) is 6.68. The van der Waals surface area contributed by atoms with Gasteiger partial charge in [-0.25, -0.2) is 4.98 Å². The molecule has 7 heteroatoms. The zero-order valence-electron chi connectivity index (χ0n) is 13.6. The maximum absolute atomic E-state index is 12.8. The first kappa shape index (κ1) is 15.8. The summed E-state index contributed by atoms with van der Waals surface area (Å²) in [4.78, 5) is 34.2. The smallest absolute Gasteiger partial charge is 0.270 e. The van der Waals surface area contributed by atoms with Crippen LogP contribution in [0.15, 0.2) is 41.9 Å². The lowest BCUT2D eigenvalue weighted by atomic mass is 9.97. The average Bonchev–Trinajstić information content (AvgIpc) is 3.30. The number of H-pyrrole nitrogens is 1. The van der Waals surface area contributed by atoms with Gasteiger partial charge in [0.25, 0.3) is 5.91 Å². The van der Waals surface area contributed by atoms with E-state index in [2.05, 4.69) is 15.3 Å². The first-order valence-electron chi connectivity index (χ1n) is 8.28. The lowest BCUT2D eigenvalue weighted by molar-refractivity contribution is -0.121. The molecule has 128 valence electrons. The van der Waals surface area contributed by atoms with Crippen LogP contribution in [0.2, 0.25) is 0 Å². The summed E-state index contributed by atoms with van der Waals surface area (Å²) in [7, 11) is 0. The summed E-state index contributed by atoms with van der Waals surface area (Å²) in [6.07, 6.45) is 3.27. The van der Waals surface area contributed by atoms with Crippen LogP contribution in [0.4, 0.5) is 5.13 Å². The van der Waals surface area contributed by atoms with E-state index in [1.54, 1.807) is 11.1 Å². The highest BCUT2D eigenvalue weighted by Crippen LogP contribution is 2.22. The van der Waals surface area contributed by atoms with Crippen LogP contribution in [0.25, 0.3) is 10.9 Å². The molecule has 0 aliphatic carbocycles. The molecule has 0 saturated carbocycles. The van der Waals surface area contributed by atoms with Crippen molar-refractivity contribution in [2.24, 2.45) is 5.92 Å². The number of fused-ring (bicyclic) bond motifs is 1. The Hall–Kier alpha value is -2.67. The number of carbonyl (C=O) groups excluding carboxylic acids is 2. The minimum atomic E-state index is -0.203. The van der Waals surface area contributed by atoms with Crippen LogP contribution in [-0.2, 0) is 4.79 Å². The van der Waals surface area contributed by atoms with Crippen molar-refractivity contribution < 1.29 is 9.59 Å². The Morgan fingerprint density at radius 1 is 1.32 bits per heavy atom. The molecule has 0 bridgehead atoms. The number of aromatic amines is 1. The molecule has 1 atom stereocenters. The monoisotopic (exact) mass is 354 g/mol. The van der Waals surface area contributed by atoms with Gasteiger partial charge in [0, 0.05) is 35.6 Å². The van der Waals surface area contributed by atoms with E-state index in [1.165, 1.54) is 11.3 Å². The maximum atomic E-state index is 12.8. The van der Waals surface area contributed by atoms with Crippen LogP contribution in [-0.4, -0.2) is 39.8 Å². The van der Waals surface area contributed by atoms with Gasteiger partial charge in [-0.15, -0.1) is 11.3 Å². The Balaban J connectivity index is 1.46. The number of amides is 2. The number of nitrogens with zero attached hydrogens (tertiary/aromatic N) is 2. The van der Waals surface area contributed by atoms with Gasteiger partial charge in [-0.05, 0) is 25.0 Å². The van der Waals surface area contributed by atoms with E-state index in [-0.39, 0.29) is 17.7 Å². The molecule has 1 aliphatic heterocycles. The first-order valence-corrected chi connectivity index (χ1v) is 9.16. The van der Waals surface area contributed by atoms with E-state index in [4.69, 9.17) is 0 Å². The van der Waals surface area contributed by atoms with Gasteiger partial charge < -0.3 is 15.2 Å². The van der Waals surface area contributed by atoms with Crippen molar-refractivity contribution in [2.45, 2.75) is 12.8 Å². The number of carbonyl (C=O) groups is 2. The van der Waals surface area contributed by atoms with Gasteiger partial charge in [0.1, 0.15) is 5.69 Å². The number of aromatic nitrogens is 2. The number of thiazole rings is 1. The van der Waals surface area contributed by atoms with Gasteiger partial charge in [-0.1, -0.05) is 18.2 Å². The highest BCUT2D eigenvalue weighted by molar-refractivity contribution is 7.13. The summed E-state index contributed by atoms with van der Waals surface area (Å²) in [5.41, 5.74) is 1.52. The van der Waals surface area contributed by atoms with E-state index >= 15 is 0 Å². The van der Waals surface area contributed by atoms with Crippen molar-refractivity contribution in [3.63, 3.8) is 0 Å². The van der Waals surface area contributed by atoms with Gasteiger partial charge >= 0.3 is 0 Å². The number of anilines is 1. The van der Waals surface area contributed by atoms with Gasteiger partial charge in [-0.3, -0.25) is 9.59 Å². The maximum Gasteiger partial charge on any atom is 0.270 e. The van der Waals surface area contributed by atoms with Crippen molar-refractivity contribution >= 4 is 39.2 Å². The Kier molecular flexibility index (Phi) is 4.23. The molecular formula is C18H18N4O2S. The fourth-order valence-corrected chi connectivity index (χ4v) is 3.76. The molecule has 1 aromatic carbocycles. The lowest BCUT2D eigenvalue weighted by Crippen LogP contribution is -2.43. The Morgan fingerprint density at radius 2 is 2.20 bits per heavy atom. The molecule has 0 radical (unpaired) electrons. The Bertz CT molecular complexity index is 870. The number of para-hydroxylation sites is 1. The minimum Gasteiger partial charge on any atom is -0.351 e. The number of nitrogens with one attached hydrogen (secondary N) is 2. The third kappa shape index (κ3) is 3.28. The van der Waals surface area contributed by atoms with Crippen LogP contribution < -0.4 is 5.32 Å². The van der Waals surface area contributed by atoms with Crippen LogP contribution in [0.3, 0.4) is 0 Å². The molecule has 3 heterocycles. The van der Waals surface area contributed by atoms with Gasteiger partial charge in [0.15, 0.2) is 5.13 Å². The fourth-order valence-electron chi connectivity index (χ4n) is 3.23. The largest absolute Gasteiger partial charge is 0.351 e. The number of rotatable bonds is 3. The number of hydrogen-bond acceptors (Lipinski definition) is 4. The average molecular weight is 354 g/mol. The fraction of sp³-hybridized carbons (Fsp3) is 0.278. The quantitative estimate of drug-likeness (QED) is 0.758. The summed E-state index contributed by atoms with van der Waals surface area (Å²) in [5, 5.41) is 6.27. The second-order valence-electron chi connectivity index (χ2n) is 6.19. The number of piperidine rings is 1. The molecular weight excluding hydrogens is 336 g/mol. The van der Waals surface area contributed by atoms with E-state index in [1.807, 2.05) is 35.7 Å². The standard InChI is InChI=1S/C18H18N4O2S/c23-16(21-18-19-7-9-25-18)13-5-3-8-22(11-13)17(24)15-10-12-4-1-2-6-14(12)20-15/h1-2,4,6-7,9-10,13,20H,3,5,8,11H2,(H,19,21,23)/t13-/m0/s1. The molecule has 6 nitrogen and oxygen atoms in total. The molecule has 1 aliphatic rings. The second-order valence-corrected chi connectivity index (χ2v) is 7.08. The molecule has 0 spiro atoms. The third-order valence-electron chi connectivity index (χ3n) is 4.50. The zero-order valence-corrected chi connectivity index (χ0v) is 14.4. The van der Waals surface area contributed by atoms with Crippen molar-refractivity contribution in [1.29, 1.82) is 0 Å². The summed E-state index contributed by atoms with van der Waals surface area (Å²) >= 11 is 1.39. The van der Waals surface area contributed by atoms with Crippen molar-refractivity contribution in [1.82, 2.24) is 14.9 Å². The van der Waals surface area contributed by atoms with Crippen LogP contribution in [0, 0.1) is 5.92 Å². The van der Waals surface area contributed by atoms with Gasteiger partial charge in [-0.2, -0.15) is 0 Å². The molecule has 0 unspecified atom stereocenters. The minimum absolute atomic E-state index is 0.0528. The van der Waals surface area contributed by atoms with Gasteiger partial charge in [0.2, 0.25) is 5.91 Å². The highest BCUT2D eigenvalue weighted by Gasteiger charge is 2.29. The molecule has 2 aromatic heterocycles. The normalized spacial score (nSPS) is 17.6. The van der Waals surface area contributed by atoms with Crippen LogP contribution in [0.1, 0.15) is 23.3 Å². The van der Waals surface area contributed by atoms with E-state index in [9.17, 15) is 9.59 Å². The predicted octanol–water partition coefficient (Wildman–Crippen LogP) is 3.12. The third-order valence-corrected chi connectivity index (χ3v) is 5.19. The Labute approximate surface area is 148 Å². The van der Waals surface area contributed by atoms with Crippen molar-refractivity contribution in [3.05, 3.63) is 47.6 Å². The summed E-state index contributed by atoms with van der Waals surface area (Å²) in [6.45, 7) is 1.11. The summed E-state index contributed by atoms with van der Waals surface area (Å²) < 4.78 is 0. The van der Waals surface area contributed by atoms with Gasteiger partial charge in [0.05, 0.1) is 5.92 Å². The molecule has 25 heavy (non-hydrogen) atoms. The Morgan fingerprint density at radius 3 is 3.00 bits per heavy atom. The summed E-state index contributed by atoms with van der Waals surface area (Å²) in [6, 6.07) is 9.68. The molecule has 2 amide bonds. The van der Waals surface area contributed by atoms with E-state index in [0.717, 1.165) is 23.7 Å². The van der Waals surface area contributed by atoms with Crippen molar-refractivity contribution in [2.75, 3.05) is 18.4 Å².